The largest absolute Gasteiger partial charge is 0.301 e. The second kappa shape index (κ2) is 4.69. The van der Waals surface area contributed by atoms with Crippen molar-refractivity contribution in [3.63, 3.8) is 0 Å². The summed E-state index contributed by atoms with van der Waals surface area (Å²) in [7, 11) is 0. The molecule has 10 heavy (non-hydrogen) atoms. The lowest BCUT2D eigenvalue weighted by molar-refractivity contribution is -0.0404. The van der Waals surface area contributed by atoms with E-state index in [-0.39, 0.29) is 0 Å². The van der Waals surface area contributed by atoms with Gasteiger partial charge in [0.25, 0.3) is 0 Å². The van der Waals surface area contributed by atoms with Crippen LogP contribution < -0.4 is 5.73 Å². The van der Waals surface area contributed by atoms with Crippen LogP contribution >= 0.6 is 0 Å². The second-order valence-corrected chi connectivity index (χ2v) is 2.92. The molecule has 1 atom stereocenters. The Hall–Kier alpha value is -0.0800. The maximum absolute atomic E-state index is 11.2. The van der Waals surface area contributed by atoms with Crippen molar-refractivity contribution < 1.29 is 5.11 Å². The Kier molecular flexibility index (Phi) is 4.65. The molecule has 0 aromatic heterocycles. The monoisotopic (exact) mass is 144 g/mol. The van der Waals surface area contributed by atoms with E-state index in [9.17, 15) is 5.11 Å². The SMILES string of the molecule is CCCCC(N)([O])CCC. The first kappa shape index (κ1) is 9.92. The topological polar surface area (TPSA) is 45.9 Å². The quantitative estimate of drug-likeness (QED) is 0.590. The lowest BCUT2D eigenvalue weighted by atomic mass is 10.0. The predicted octanol–water partition coefficient (Wildman–Crippen LogP) is 2.06. The zero-order valence-electron chi connectivity index (χ0n) is 7.02. The minimum Gasteiger partial charge on any atom is -0.301 e. The molecule has 0 rings (SSSR count). The summed E-state index contributed by atoms with van der Waals surface area (Å²) < 4.78 is 0. The molecule has 0 aliphatic carbocycles. The van der Waals surface area contributed by atoms with Gasteiger partial charge in [0.05, 0.1) is 0 Å². The smallest absolute Gasteiger partial charge is 0.151 e. The van der Waals surface area contributed by atoms with Gasteiger partial charge in [0.15, 0.2) is 5.72 Å². The Morgan fingerprint density at radius 2 is 1.80 bits per heavy atom. The fourth-order valence-corrected chi connectivity index (χ4v) is 1.02. The number of hydrogen-bond donors (Lipinski definition) is 1. The highest BCUT2D eigenvalue weighted by atomic mass is 16.3. The second-order valence-electron chi connectivity index (χ2n) is 2.92. The number of nitrogens with two attached hydrogens (primary N) is 1. The minimum absolute atomic E-state index is 0.604. The van der Waals surface area contributed by atoms with E-state index in [0.717, 1.165) is 19.3 Å². The molecule has 2 nitrogen and oxygen atoms in total. The van der Waals surface area contributed by atoms with Gasteiger partial charge in [0, 0.05) is 0 Å². The van der Waals surface area contributed by atoms with Gasteiger partial charge in [-0.1, -0.05) is 26.7 Å². The van der Waals surface area contributed by atoms with Crippen LogP contribution in [0.5, 0.6) is 0 Å². The Bertz CT molecular complexity index is 81.3. The molecule has 0 aromatic carbocycles. The third-order valence-corrected chi connectivity index (χ3v) is 1.63. The van der Waals surface area contributed by atoms with Crippen LogP contribution in [-0.4, -0.2) is 5.72 Å². The summed E-state index contributed by atoms with van der Waals surface area (Å²) in [6, 6.07) is 0. The average Bonchev–Trinajstić information content (AvgIpc) is 1.84. The molecule has 0 spiro atoms. The summed E-state index contributed by atoms with van der Waals surface area (Å²) in [5.41, 5.74) is 4.31. The lowest BCUT2D eigenvalue weighted by Gasteiger charge is -2.18. The zero-order valence-corrected chi connectivity index (χ0v) is 7.02. The Morgan fingerprint density at radius 3 is 2.20 bits per heavy atom. The van der Waals surface area contributed by atoms with Crippen LogP contribution in [0.4, 0.5) is 0 Å². The normalized spacial score (nSPS) is 16.8. The summed E-state index contributed by atoms with van der Waals surface area (Å²) in [6.45, 7) is 4.06. The standard InChI is InChI=1S/C8H18NO/c1-3-5-7-8(9,10)6-4-2/h3-7,9H2,1-2H3. The van der Waals surface area contributed by atoms with Crippen molar-refractivity contribution in [2.45, 2.75) is 51.7 Å². The molecule has 0 fully saturated rings. The highest BCUT2D eigenvalue weighted by molar-refractivity contribution is 4.68. The highest BCUT2D eigenvalue weighted by Crippen LogP contribution is 2.14. The first-order chi connectivity index (χ1) is 4.62. The molecule has 61 valence electrons. The molecule has 0 aromatic rings. The van der Waals surface area contributed by atoms with E-state index in [1.54, 1.807) is 0 Å². The van der Waals surface area contributed by atoms with Gasteiger partial charge in [-0.25, -0.2) is 5.11 Å². The minimum atomic E-state index is -1.15. The van der Waals surface area contributed by atoms with Crippen molar-refractivity contribution in [1.82, 2.24) is 0 Å². The first-order valence-corrected chi connectivity index (χ1v) is 4.11. The molecule has 2 N–H and O–H groups in total. The fraction of sp³-hybridized carbons (Fsp3) is 1.00. The molecule has 0 saturated heterocycles. The maximum Gasteiger partial charge on any atom is 0.151 e. The Labute approximate surface area is 63.4 Å². The van der Waals surface area contributed by atoms with Crippen LogP contribution in [0.15, 0.2) is 0 Å². The van der Waals surface area contributed by atoms with E-state index in [1.165, 1.54) is 0 Å². The van der Waals surface area contributed by atoms with Gasteiger partial charge >= 0.3 is 0 Å². The average molecular weight is 144 g/mol. The Balaban J connectivity index is 3.42. The summed E-state index contributed by atoms with van der Waals surface area (Å²) in [4.78, 5) is 0. The van der Waals surface area contributed by atoms with Gasteiger partial charge in [-0.15, -0.1) is 0 Å². The van der Waals surface area contributed by atoms with Crippen molar-refractivity contribution in [1.29, 1.82) is 0 Å². The van der Waals surface area contributed by atoms with Crippen LogP contribution in [0.3, 0.4) is 0 Å². The third-order valence-electron chi connectivity index (χ3n) is 1.63. The van der Waals surface area contributed by atoms with Crippen LogP contribution in [-0.2, 0) is 5.11 Å². The molecule has 1 radical (unpaired) electrons. The van der Waals surface area contributed by atoms with Crippen LogP contribution in [0.25, 0.3) is 0 Å². The van der Waals surface area contributed by atoms with Crippen molar-refractivity contribution in [3.8, 4) is 0 Å². The Morgan fingerprint density at radius 1 is 1.20 bits per heavy atom. The fourth-order valence-electron chi connectivity index (χ4n) is 1.02. The highest BCUT2D eigenvalue weighted by Gasteiger charge is 2.20. The maximum atomic E-state index is 11.2. The van der Waals surface area contributed by atoms with E-state index >= 15 is 0 Å². The number of rotatable bonds is 5. The van der Waals surface area contributed by atoms with E-state index in [4.69, 9.17) is 5.73 Å². The van der Waals surface area contributed by atoms with Crippen molar-refractivity contribution in [3.05, 3.63) is 0 Å². The molecule has 0 saturated carbocycles. The van der Waals surface area contributed by atoms with Gasteiger partial charge in [-0.2, -0.15) is 0 Å². The van der Waals surface area contributed by atoms with E-state index in [2.05, 4.69) is 6.92 Å². The molecule has 0 amide bonds. The van der Waals surface area contributed by atoms with Gasteiger partial charge in [-0.05, 0) is 19.3 Å². The molecule has 2 heteroatoms. The summed E-state index contributed by atoms with van der Waals surface area (Å²) >= 11 is 0. The third kappa shape index (κ3) is 4.77. The van der Waals surface area contributed by atoms with Gasteiger partial charge < -0.3 is 5.73 Å². The van der Waals surface area contributed by atoms with Crippen molar-refractivity contribution >= 4 is 0 Å². The molecular weight excluding hydrogens is 126 g/mol. The number of hydrogen-bond acceptors (Lipinski definition) is 1. The lowest BCUT2D eigenvalue weighted by Crippen LogP contribution is -2.37. The summed E-state index contributed by atoms with van der Waals surface area (Å²) in [5.74, 6) is 0. The molecule has 0 heterocycles. The molecule has 0 aliphatic rings. The van der Waals surface area contributed by atoms with Crippen LogP contribution in [0.2, 0.25) is 0 Å². The van der Waals surface area contributed by atoms with Crippen molar-refractivity contribution in [2.75, 3.05) is 0 Å². The van der Waals surface area contributed by atoms with Crippen molar-refractivity contribution in [2.24, 2.45) is 5.73 Å². The molecule has 1 unspecified atom stereocenters. The van der Waals surface area contributed by atoms with Gasteiger partial charge in [0.1, 0.15) is 0 Å². The van der Waals surface area contributed by atoms with Gasteiger partial charge in [-0.3, -0.25) is 0 Å². The molecule has 0 bridgehead atoms. The van der Waals surface area contributed by atoms with E-state index < -0.39 is 5.72 Å². The first-order valence-electron chi connectivity index (χ1n) is 4.11. The van der Waals surface area contributed by atoms with Crippen LogP contribution in [0.1, 0.15) is 46.0 Å². The predicted molar refractivity (Wildman–Crippen MR) is 42.0 cm³/mol. The summed E-state index contributed by atoms with van der Waals surface area (Å²) in [6.07, 6.45) is 4.14. The molecule has 0 aliphatic heterocycles. The van der Waals surface area contributed by atoms with E-state index in [0.29, 0.717) is 12.8 Å². The zero-order chi connectivity index (χ0) is 8.04. The molecular formula is C8H18NO. The van der Waals surface area contributed by atoms with E-state index in [1.807, 2.05) is 6.92 Å². The van der Waals surface area contributed by atoms with Gasteiger partial charge in [0.2, 0.25) is 0 Å². The summed E-state index contributed by atoms with van der Waals surface area (Å²) in [5, 5.41) is 11.2. The van der Waals surface area contributed by atoms with Crippen LogP contribution in [0, 0.1) is 0 Å². The number of unbranched alkanes of at least 4 members (excludes halogenated alkanes) is 1.